The average molecular weight is 1380 g/mol. The van der Waals surface area contributed by atoms with Crippen LogP contribution in [0.3, 0.4) is 0 Å². The maximum atomic E-state index is 13.1. The van der Waals surface area contributed by atoms with E-state index in [1.54, 1.807) is 0 Å². The van der Waals surface area contributed by atoms with Crippen LogP contribution < -0.4 is 0 Å². The van der Waals surface area contributed by atoms with Crippen molar-refractivity contribution in [2.45, 2.75) is 412 Å². The third-order valence-corrected chi connectivity index (χ3v) is 19.4. The normalized spacial score (nSPS) is 14.0. The number of phosphoric acid groups is 2. The van der Waals surface area contributed by atoms with Gasteiger partial charge < -0.3 is 33.8 Å². The fourth-order valence-corrected chi connectivity index (χ4v) is 13.1. The summed E-state index contributed by atoms with van der Waals surface area (Å²) in [6.45, 7) is 7.25. The van der Waals surface area contributed by atoms with Gasteiger partial charge in [-0.1, -0.05) is 343 Å². The topological polar surface area (TPSA) is 237 Å². The summed E-state index contributed by atoms with van der Waals surface area (Å²) < 4.78 is 68.5. The fourth-order valence-electron chi connectivity index (χ4n) is 11.5. The molecule has 0 aliphatic heterocycles. The molecule has 0 fully saturated rings. The van der Waals surface area contributed by atoms with Gasteiger partial charge in [-0.25, -0.2) is 9.13 Å². The van der Waals surface area contributed by atoms with Crippen molar-refractivity contribution in [3.8, 4) is 0 Å². The quantitative estimate of drug-likeness (QED) is 0.0222. The lowest BCUT2D eigenvalue weighted by Crippen LogP contribution is -2.30. The molecule has 0 bridgehead atoms. The van der Waals surface area contributed by atoms with E-state index in [0.717, 1.165) is 95.8 Å². The summed E-state index contributed by atoms with van der Waals surface area (Å²) >= 11 is 0. The number of esters is 4. The molecule has 0 rings (SSSR count). The summed E-state index contributed by atoms with van der Waals surface area (Å²) in [5.74, 6) is -1.40. The highest BCUT2D eigenvalue weighted by molar-refractivity contribution is 7.47. The predicted octanol–water partition coefficient (Wildman–Crippen LogP) is 22.1. The minimum absolute atomic E-state index is 0.105. The molecule has 2 unspecified atom stereocenters. The van der Waals surface area contributed by atoms with Gasteiger partial charge in [0.05, 0.1) is 26.4 Å². The van der Waals surface area contributed by atoms with Crippen molar-refractivity contribution in [2.24, 2.45) is 5.92 Å². The molecule has 0 heterocycles. The van der Waals surface area contributed by atoms with E-state index in [9.17, 15) is 43.2 Å². The summed E-state index contributed by atoms with van der Waals surface area (Å²) in [5, 5.41) is 10.6. The third-order valence-electron chi connectivity index (χ3n) is 17.5. The minimum Gasteiger partial charge on any atom is -0.462 e. The monoisotopic (exact) mass is 1380 g/mol. The number of carbonyl (C=O) groups is 4. The molecule has 5 atom stereocenters. The van der Waals surface area contributed by atoms with E-state index in [-0.39, 0.29) is 25.7 Å². The number of phosphoric ester groups is 2. The van der Waals surface area contributed by atoms with Gasteiger partial charge in [0.25, 0.3) is 0 Å². The van der Waals surface area contributed by atoms with Crippen LogP contribution in [0.1, 0.15) is 394 Å². The van der Waals surface area contributed by atoms with Crippen molar-refractivity contribution < 1.29 is 80.2 Å². The predicted molar refractivity (Wildman–Crippen MR) is 382 cm³/mol. The van der Waals surface area contributed by atoms with Crippen LogP contribution in [0.2, 0.25) is 0 Å². The Morgan fingerprint density at radius 2 is 0.489 bits per heavy atom. The molecule has 0 saturated heterocycles. The van der Waals surface area contributed by atoms with Gasteiger partial charge in [0.15, 0.2) is 12.2 Å². The highest BCUT2D eigenvalue weighted by atomic mass is 31.2. The summed E-state index contributed by atoms with van der Waals surface area (Å²) in [5.41, 5.74) is 0. The molecule has 3 N–H and O–H groups in total. The maximum absolute atomic E-state index is 13.1. The Labute approximate surface area is 575 Å². The molecule has 0 amide bonds. The zero-order valence-corrected chi connectivity index (χ0v) is 62.9. The lowest BCUT2D eigenvalue weighted by atomic mass is 10.0. The summed E-state index contributed by atoms with van der Waals surface area (Å²) in [7, 11) is -9.91. The van der Waals surface area contributed by atoms with Gasteiger partial charge >= 0.3 is 39.5 Å². The number of aliphatic hydroxyl groups excluding tert-OH is 1. The van der Waals surface area contributed by atoms with Crippen LogP contribution in [-0.2, 0) is 65.4 Å². The summed E-state index contributed by atoms with van der Waals surface area (Å²) in [4.78, 5) is 72.8. The Morgan fingerprint density at radius 3 is 0.723 bits per heavy atom. The van der Waals surface area contributed by atoms with Gasteiger partial charge in [-0.2, -0.15) is 0 Å². The number of carbonyl (C=O) groups excluding carboxylic acids is 4. The van der Waals surface area contributed by atoms with E-state index in [1.807, 2.05) is 0 Å². The van der Waals surface area contributed by atoms with E-state index in [1.165, 1.54) is 218 Å². The third kappa shape index (κ3) is 68.6. The minimum atomic E-state index is -4.96. The maximum Gasteiger partial charge on any atom is 0.472 e. The van der Waals surface area contributed by atoms with E-state index in [0.29, 0.717) is 25.7 Å². The Bertz CT molecular complexity index is 1810. The lowest BCUT2D eigenvalue weighted by molar-refractivity contribution is -0.161. The van der Waals surface area contributed by atoms with Crippen LogP contribution in [0.25, 0.3) is 0 Å². The molecule has 0 aliphatic carbocycles. The molecular formula is C75H146O17P2. The Balaban J connectivity index is 5.24. The molecule has 19 heteroatoms. The first kappa shape index (κ1) is 92.1. The molecule has 0 saturated carbocycles. The second kappa shape index (κ2) is 68.2. The number of ether oxygens (including phenoxy) is 4. The van der Waals surface area contributed by atoms with Crippen LogP contribution in [-0.4, -0.2) is 96.7 Å². The Kier molecular flexibility index (Phi) is 66.8. The zero-order valence-electron chi connectivity index (χ0n) is 61.1. The van der Waals surface area contributed by atoms with Crippen molar-refractivity contribution in [1.29, 1.82) is 0 Å². The fraction of sp³-hybridized carbons (Fsp3) is 0.947. The molecular weight excluding hydrogens is 1230 g/mol. The van der Waals surface area contributed by atoms with Crippen LogP contribution in [0.15, 0.2) is 0 Å². The summed E-state index contributed by atoms with van der Waals surface area (Å²) in [6, 6.07) is 0. The molecule has 94 heavy (non-hydrogen) atoms. The molecule has 0 aliphatic rings. The van der Waals surface area contributed by atoms with Gasteiger partial charge in [-0.3, -0.25) is 37.3 Å². The largest absolute Gasteiger partial charge is 0.472 e. The molecule has 0 aromatic heterocycles. The highest BCUT2D eigenvalue weighted by Gasteiger charge is 2.30. The van der Waals surface area contributed by atoms with Crippen molar-refractivity contribution in [3.05, 3.63) is 0 Å². The van der Waals surface area contributed by atoms with Gasteiger partial charge in [-0.05, 0) is 31.6 Å². The lowest BCUT2D eigenvalue weighted by Gasteiger charge is -2.21. The second-order valence-corrected chi connectivity index (χ2v) is 30.4. The molecule has 17 nitrogen and oxygen atoms in total. The SMILES string of the molecule is CCCCCCCCCCCCCCCCCCCC(=O)O[C@H](COC(=O)CCCCCCCCCCCCCCCCC)COP(=O)(O)OC[C@@H](O)COP(=O)(O)OC[C@@H](COC(=O)CCCCCCCCCCCCC)OC(=O)CCCCCCCCCCC(C)C. The van der Waals surface area contributed by atoms with Crippen molar-refractivity contribution in [2.75, 3.05) is 39.6 Å². The highest BCUT2D eigenvalue weighted by Crippen LogP contribution is 2.45. The molecule has 0 radical (unpaired) electrons. The summed E-state index contributed by atoms with van der Waals surface area (Å²) in [6.07, 6.45) is 56.8. The standard InChI is InChI=1S/C75H146O17P2/c1-6-9-12-15-18-21-24-26-28-29-31-33-36-39-45-50-55-60-74(79)91-70(64-86-73(78)59-54-49-44-38-35-32-30-27-25-22-19-16-13-10-7-2)66-89-93(81,82)87-62-69(76)63-88-94(83,84)90-67-71(92-75(80)61-56-51-46-41-40-42-47-52-57-68(4)5)65-85-72(77)58-53-48-43-37-34-23-20-17-14-11-8-3/h68-71,76H,6-67H2,1-5H3,(H,81,82)(H,83,84)/t69-,70-,71-/m1/s1. The number of rotatable bonds is 75. The first-order valence-corrected chi connectivity index (χ1v) is 42.1. The number of hydrogen-bond acceptors (Lipinski definition) is 15. The van der Waals surface area contributed by atoms with Crippen molar-refractivity contribution in [3.63, 3.8) is 0 Å². The van der Waals surface area contributed by atoms with E-state index >= 15 is 0 Å². The van der Waals surface area contributed by atoms with Gasteiger partial charge in [0, 0.05) is 25.7 Å². The number of unbranched alkanes of at least 4 members (excludes halogenated alkanes) is 47. The Morgan fingerprint density at radius 1 is 0.287 bits per heavy atom. The van der Waals surface area contributed by atoms with E-state index < -0.39 is 97.5 Å². The number of hydrogen-bond donors (Lipinski definition) is 3. The van der Waals surface area contributed by atoms with Crippen molar-refractivity contribution in [1.82, 2.24) is 0 Å². The zero-order chi connectivity index (χ0) is 69.1. The van der Waals surface area contributed by atoms with Crippen LogP contribution in [0.5, 0.6) is 0 Å². The van der Waals surface area contributed by atoms with Crippen LogP contribution >= 0.6 is 15.6 Å². The molecule has 0 aromatic carbocycles. The van der Waals surface area contributed by atoms with Crippen LogP contribution in [0, 0.1) is 5.92 Å². The smallest absolute Gasteiger partial charge is 0.462 e. The first-order valence-electron chi connectivity index (χ1n) is 39.1. The van der Waals surface area contributed by atoms with Gasteiger partial charge in [-0.15, -0.1) is 0 Å². The van der Waals surface area contributed by atoms with E-state index in [2.05, 4.69) is 34.6 Å². The molecule has 558 valence electrons. The second-order valence-electron chi connectivity index (χ2n) is 27.5. The van der Waals surface area contributed by atoms with Gasteiger partial charge in [0.2, 0.25) is 0 Å². The van der Waals surface area contributed by atoms with Crippen LogP contribution in [0.4, 0.5) is 0 Å². The van der Waals surface area contributed by atoms with Crippen molar-refractivity contribution >= 4 is 39.5 Å². The average Bonchev–Trinajstić information content (AvgIpc) is 1.50. The number of aliphatic hydroxyl groups is 1. The van der Waals surface area contributed by atoms with E-state index in [4.69, 9.17) is 37.0 Å². The first-order chi connectivity index (χ1) is 45.5. The Hall–Kier alpha value is -1.94. The van der Waals surface area contributed by atoms with Gasteiger partial charge in [0.1, 0.15) is 19.3 Å². The molecule has 0 aromatic rings. The molecule has 0 spiro atoms.